The van der Waals surface area contributed by atoms with Crippen LogP contribution in [0.25, 0.3) is 0 Å². The quantitative estimate of drug-likeness (QED) is 0.652. The van der Waals surface area contributed by atoms with E-state index in [-0.39, 0.29) is 0 Å². The molecule has 0 aliphatic heterocycles. The van der Waals surface area contributed by atoms with Crippen molar-refractivity contribution >= 4 is 34.0 Å². The maximum absolute atomic E-state index is 12.1. The van der Waals surface area contributed by atoms with Crippen LogP contribution >= 0.6 is 11.3 Å². The van der Waals surface area contributed by atoms with Gasteiger partial charge in [0.25, 0.3) is 5.91 Å². The van der Waals surface area contributed by atoms with Crippen LogP contribution in [0.3, 0.4) is 0 Å². The van der Waals surface area contributed by atoms with Crippen molar-refractivity contribution in [3.05, 3.63) is 40.9 Å². The number of nitrogen functional groups attached to an aromatic ring is 1. The van der Waals surface area contributed by atoms with Gasteiger partial charge >= 0.3 is 5.97 Å². The van der Waals surface area contributed by atoms with Gasteiger partial charge in [0.05, 0.1) is 11.3 Å². The van der Waals surface area contributed by atoms with E-state index in [2.05, 4.69) is 10.3 Å². The SMILES string of the molecule is CCC(OC(=O)c1cccc(N)c1)C(=O)Nc1nc(C)cs1. The van der Waals surface area contributed by atoms with Gasteiger partial charge in [0, 0.05) is 11.1 Å². The average molecular weight is 319 g/mol. The Kier molecular flexibility index (Phi) is 5.11. The standard InChI is InChI=1S/C15H17N3O3S/c1-3-12(13(19)18-15-17-9(2)8-22-15)21-14(20)10-5-4-6-11(16)7-10/h4-8,12H,3,16H2,1-2H3,(H,17,18,19). The molecule has 0 radical (unpaired) electrons. The maximum Gasteiger partial charge on any atom is 0.338 e. The lowest BCUT2D eigenvalue weighted by molar-refractivity contribution is -0.124. The van der Waals surface area contributed by atoms with Crippen LogP contribution < -0.4 is 11.1 Å². The van der Waals surface area contributed by atoms with Gasteiger partial charge in [-0.25, -0.2) is 9.78 Å². The number of benzene rings is 1. The Labute approximate surface area is 132 Å². The number of anilines is 2. The van der Waals surface area contributed by atoms with Crippen molar-refractivity contribution < 1.29 is 14.3 Å². The summed E-state index contributed by atoms with van der Waals surface area (Å²) in [5, 5.41) is 4.96. The summed E-state index contributed by atoms with van der Waals surface area (Å²) < 4.78 is 5.25. The summed E-state index contributed by atoms with van der Waals surface area (Å²) in [6, 6.07) is 6.43. The summed E-state index contributed by atoms with van der Waals surface area (Å²) >= 11 is 1.32. The summed E-state index contributed by atoms with van der Waals surface area (Å²) in [5.74, 6) is -0.973. The fraction of sp³-hybridized carbons (Fsp3) is 0.267. The molecule has 6 nitrogen and oxygen atoms in total. The molecule has 0 saturated heterocycles. The topological polar surface area (TPSA) is 94.3 Å². The molecule has 0 saturated carbocycles. The molecule has 0 aliphatic carbocycles. The molecule has 22 heavy (non-hydrogen) atoms. The molecule has 3 N–H and O–H groups in total. The first-order valence-electron chi connectivity index (χ1n) is 6.79. The highest BCUT2D eigenvalue weighted by Gasteiger charge is 2.22. The fourth-order valence-electron chi connectivity index (χ4n) is 1.78. The smallest absolute Gasteiger partial charge is 0.338 e. The minimum Gasteiger partial charge on any atom is -0.449 e. The number of nitrogens with one attached hydrogen (secondary N) is 1. The van der Waals surface area contributed by atoms with Gasteiger partial charge in [-0.3, -0.25) is 10.1 Å². The molecule has 1 atom stereocenters. The number of carbonyl (C=O) groups is 2. The lowest BCUT2D eigenvalue weighted by Gasteiger charge is -2.15. The van der Waals surface area contributed by atoms with Crippen LogP contribution in [-0.4, -0.2) is 23.0 Å². The van der Waals surface area contributed by atoms with Crippen LogP contribution in [0.4, 0.5) is 10.8 Å². The number of hydrogen-bond acceptors (Lipinski definition) is 6. The summed E-state index contributed by atoms with van der Waals surface area (Å²) in [6.45, 7) is 3.60. The largest absolute Gasteiger partial charge is 0.449 e. The number of nitrogens with two attached hydrogens (primary N) is 1. The van der Waals surface area contributed by atoms with Crippen molar-refractivity contribution in [3.63, 3.8) is 0 Å². The van der Waals surface area contributed by atoms with Crippen molar-refractivity contribution in [2.24, 2.45) is 0 Å². The van der Waals surface area contributed by atoms with Gasteiger partial charge in [0.15, 0.2) is 11.2 Å². The number of aromatic nitrogens is 1. The zero-order valence-electron chi connectivity index (χ0n) is 12.3. The van der Waals surface area contributed by atoms with Crippen molar-refractivity contribution in [1.29, 1.82) is 0 Å². The van der Waals surface area contributed by atoms with E-state index in [0.717, 1.165) is 5.69 Å². The molecule has 2 aromatic rings. The van der Waals surface area contributed by atoms with E-state index in [4.69, 9.17) is 10.5 Å². The number of esters is 1. The average Bonchev–Trinajstić information content (AvgIpc) is 2.89. The molecular formula is C15H17N3O3S. The van der Waals surface area contributed by atoms with E-state index < -0.39 is 18.0 Å². The van der Waals surface area contributed by atoms with E-state index in [1.54, 1.807) is 25.1 Å². The highest BCUT2D eigenvalue weighted by Crippen LogP contribution is 2.16. The van der Waals surface area contributed by atoms with Crippen LogP contribution in [0.5, 0.6) is 0 Å². The molecular weight excluding hydrogens is 302 g/mol. The van der Waals surface area contributed by atoms with E-state index in [1.807, 2.05) is 12.3 Å². The number of rotatable bonds is 5. The third-order valence-electron chi connectivity index (χ3n) is 2.88. The van der Waals surface area contributed by atoms with Gasteiger partial charge in [-0.2, -0.15) is 0 Å². The zero-order valence-corrected chi connectivity index (χ0v) is 13.1. The zero-order chi connectivity index (χ0) is 16.1. The Morgan fingerprint density at radius 1 is 1.45 bits per heavy atom. The molecule has 7 heteroatoms. The molecule has 0 aliphatic rings. The Balaban J connectivity index is 2.02. The number of amides is 1. The van der Waals surface area contributed by atoms with Crippen molar-refractivity contribution in [2.75, 3.05) is 11.1 Å². The Morgan fingerprint density at radius 3 is 2.82 bits per heavy atom. The summed E-state index contributed by atoms with van der Waals surface area (Å²) in [6.07, 6.45) is -0.511. The first-order valence-corrected chi connectivity index (χ1v) is 7.67. The van der Waals surface area contributed by atoms with E-state index in [9.17, 15) is 9.59 Å². The third-order valence-corrected chi connectivity index (χ3v) is 3.76. The second-order valence-corrected chi connectivity index (χ2v) is 5.57. The first-order chi connectivity index (χ1) is 10.5. The van der Waals surface area contributed by atoms with Crippen LogP contribution in [0.2, 0.25) is 0 Å². The number of nitrogens with zero attached hydrogens (tertiary/aromatic N) is 1. The molecule has 0 bridgehead atoms. The minimum atomic E-state index is -0.877. The Hall–Kier alpha value is -2.41. The molecule has 1 amide bonds. The number of carbonyl (C=O) groups excluding carboxylic acids is 2. The lowest BCUT2D eigenvalue weighted by Crippen LogP contribution is -2.32. The van der Waals surface area contributed by atoms with Crippen LogP contribution in [0.15, 0.2) is 29.6 Å². The number of aryl methyl sites for hydroxylation is 1. The summed E-state index contributed by atoms with van der Waals surface area (Å²) in [7, 11) is 0. The predicted octanol–water partition coefficient (Wildman–Crippen LogP) is 2.61. The Morgan fingerprint density at radius 2 is 2.23 bits per heavy atom. The van der Waals surface area contributed by atoms with E-state index in [1.165, 1.54) is 17.4 Å². The van der Waals surface area contributed by atoms with Crippen LogP contribution in [0.1, 0.15) is 29.4 Å². The van der Waals surface area contributed by atoms with E-state index >= 15 is 0 Å². The second kappa shape index (κ2) is 7.04. The lowest BCUT2D eigenvalue weighted by atomic mass is 10.2. The first kappa shape index (κ1) is 16.0. The van der Waals surface area contributed by atoms with Crippen LogP contribution in [-0.2, 0) is 9.53 Å². The van der Waals surface area contributed by atoms with Gasteiger partial charge in [-0.15, -0.1) is 11.3 Å². The van der Waals surface area contributed by atoms with Crippen LogP contribution in [0, 0.1) is 6.92 Å². The van der Waals surface area contributed by atoms with Gasteiger partial charge in [-0.1, -0.05) is 13.0 Å². The minimum absolute atomic E-state index is 0.316. The third kappa shape index (κ3) is 4.05. The number of thiazole rings is 1. The van der Waals surface area contributed by atoms with Gasteiger partial charge < -0.3 is 10.5 Å². The van der Waals surface area contributed by atoms with Gasteiger partial charge in [0.2, 0.25) is 0 Å². The van der Waals surface area contributed by atoms with Gasteiger partial charge in [-0.05, 0) is 31.5 Å². The molecule has 0 spiro atoms. The maximum atomic E-state index is 12.1. The molecule has 1 aromatic heterocycles. The van der Waals surface area contributed by atoms with Crippen molar-refractivity contribution in [3.8, 4) is 0 Å². The van der Waals surface area contributed by atoms with E-state index in [0.29, 0.717) is 22.8 Å². The fourth-order valence-corrected chi connectivity index (χ4v) is 2.47. The normalized spacial score (nSPS) is 11.7. The second-order valence-electron chi connectivity index (χ2n) is 4.71. The molecule has 0 fully saturated rings. The Bertz CT molecular complexity index is 684. The molecule has 1 aromatic carbocycles. The monoisotopic (exact) mass is 319 g/mol. The summed E-state index contributed by atoms with van der Waals surface area (Å²) in [4.78, 5) is 28.3. The van der Waals surface area contributed by atoms with Gasteiger partial charge in [0.1, 0.15) is 0 Å². The van der Waals surface area contributed by atoms with Crippen molar-refractivity contribution in [1.82, 2.24) is 4.98 Å². The predicted molar refractivity (Wildman–Crippen MR) is 85.8 cm³/mol. The molecule has 1 heterocycles. The number of ether oxygens (including phenoxy) is 1. The highest BCUT2D eigenvalue weighted by molar-refractivity contribution is 7.13. The molecule has 116 valence electrons. The number of hydrogen-bond donors (Lipinski definition) is 2. The highest BCUT2D eigenvalue weighted by atomic mass is 32.1. The molecule has 2 rings (SSSR count). The molecule has 1 unspecified atom stereocenters. The summed E-state index contributed by atoms with van der Waals surface area (Å²) in [5.41, 5.74) is 7.23. The van der Waals surface area contributed by atoms with Crippen molar-refractivity contribution in [2.45, 2.75) is 26.4 Å².